The van der Waals surface area contributed by atoms with Crippen LogP contribution < -0.4 is 20.7 Å². The zero-order valence-corrected chi connectivity index (χ0v) is 19.9. The third kappa shape index (κ3) is 8.61. The molecule has 0 saturated heterocycles. The fraction of sp³-hybridized carbons (Fsp3) is 0.391. The molecular weight excluding hydrogens is 491 g/mol. The molecule has 1 aliphatic carbocycles. The van der Waals surface area contributed by atoms with Gasteiger partial charge < -0.3 is 20.7 Å². The van der Waals surface area contributed by atoms with Gasteiger partial charge in [0.1, 0.15) is 5.75 Å². The average Bonchev–Trinajstić information content (AvgIpc) is 3.54. The highest BCUT2D eigenvalue weighted by molar-refractivity contribution is 14.0. The summed E-state index contributed by atoms with van der Waals surface area (Å²) in [5, 5.41) is 9.58. The molecule has 7 heteroatoms. The molecule has 0 aromatic heterocycles. The van der Waals surface area contributed by atoms with Crippen LogP contribution in [0, 0.1) is 6.92 Å². The van der Waals surface area contributed by atoms with Crippen molar-refractivity contribution in [3.05, 3.63) is 65.2 Å². The number of nitrogens with zero attached hydrogens (tertiary/aromatic N) is 1. The van der Waals surface area contributed by atoms with Crippen LogP contribution in [0.15, 0.2) is 53.5 Å². The van der Waals surface area contributed by atoms with Gasteiger partial charge in [0.05, 0.1) is 0 Å². The number of aryl methyl sites for hydroxylation is 1. The Kier molecular flexibility index (Phi) is 9.93. The molecule has 1 saturated carbocycles. The molecule has 2 aromatic rings. The standard InChI is InChI=1S/C23H30N4O2.HI/c1-17-4-3-5-19(14-17)15-26-23(24-2)25-13-12-18-6-10-21(11-7-18)29-16-22(28)27-20-8-9-20;/h3-7,10-11,14,20H,8-9,12-13,15-16H2,1-2H3,(H,27,28)(H2,24,25,26);1H. The van der Waals surface area contributed by atoms with Gasteiger partial charge in [-0.1, -0.05) is 42.0 Å². The lowest BCUT2D eigenvalue weighted by Gasteiger charge is -2.12. The lowest BCUT2D eigenvalue weighted by molar-refractivity contribution is -0.123. The second-order valence-electron chi connectivity index (χ2n) is 7.37. The summed E-state index contributed by atoms with van der Waals surface area (Å²) in [5.74, 6) is 1.45. The van der Waals surface area contributed by atoms with Crippen LogP contribution in [0.4, 0.5) is 0 Å². The van der Waals surface area contributed by atoms with Crippen molar-refractivity contribution >= 4 is 35.8 Å². The Morgan fingerprint density at radius 2 is 1.87 bits per heavy atom. The third-order valence-corrected chi connectivity index (χ3v) is 4.71. The van der Waals surface area contributed by atoms with E-state index in [1.165, 1.54) is 16.7 Å². The number of rotatable bonds is 9. The fourth-order valence-electron chi connectivity index (χ4n) is 2.95. The molecule has 3 N–H and O–H groups in total. The molecule has 0 unspecified atom stereocenters. The minimum absolute atomic E-state index is 0. The van der Waals surface area contributed by atoms with Crippen LogP contribution in [0.1, 0.15) is 29.5 Å². The molecule has 0 atom stereocenters. The molecule has 1 amide bonds. The monoisotopic (exact) mass is 522 g/mol. The SMILES string of the molecule is CN=C(NCCc1ccc(OCC(=O)NC2CC2)cc1)NCc1cccc(C)c1.I. The molecule has 3 rings (SSSR count). The van der Waals surface area contributed by atoms with Gasteiger partial charge in [-0.05, 0) is 49.4 Å². The molecule has 0 aliphatic heterocycles. The Balaban J connectivity index is 0.00000320. The van der Waals surface area contributed by atoms with Crippen LogP contribution in [0.2, 0.25) is 0 Å². The van der Waals surface area contributed by atoms with Crippen LogP contribution in [-0.2, 0) is 17.8 Å². The predicted octanol–water partition coefficient (Wildman–Crippen LogP) is 3.18. The van der Waals surface area contributed by atoms with Crippen LogP contribution in [0.5, 0.6) is 5.75 Å². The van der Waals surface area contributed by atoms with Crippen LogP contribution in [-0.4, -0.2) is 38.1 Å². The summed E-state index contributed by atoms with van der Waals surface area (Å²) in [4.78, 5) is 15.9. The molecule has 0 radical (unpaired) electrons. The highest BCUT2D eigenvalue weighted by atomic mass is 127. The first-order chi connectivity index (χ1) is 14.1. The number of ether oxygens (including phenoxy) is 1. The quantitative estimate of drug-likeness (QED) is 0.269. The molecule has 1 fully saturated rings. The first-order valence-electron chi connectivity index (χ1n) is 10.1. The minimum Gasteiger partial charge on any atom is -0.484 e. The number of hydrogen-bond donors (Lipinski definition) is 3. The Morgan fingerprint density at radius 1 is 1.10 bits per heavy atom. The van der Waals surface area contributed by atoms with Gasteiger partial charge in [-0.15, -0.1) is 24.0 Å². The number of halogens is 1. The highest BCUT2D eigenvalue weighted by Crippen LogP contribution is 2.18. The number of amides is 1. The largest absolute Gasteiger partial charge is 0.484 e. The maximum atomic E-state index is 11.7. The van der Waals surface area contributed by atoms with E-state index in [4.69, 9.17) is 4.74 Å². The maximum absolute atomic E-state index is 11.7. The van der Waals surface area contributed by atoms with E-state index in [2.05, 4.69) is 52.1 Å². The lowest BCUT2D eigenvalue weighted by Crippen LogP contribution is -2.37. The van der Waals surface area contributed by atoms with E-state index >= 15 is 0 Å². The van der Waals surface area contributed by atoms with Gasteiger partial charge in [-0.25, -0.2) is 0 Å². The first kappa shape index (κ1) is 24.0. The van der Waals surface area contributed by atoms with E-state index in [1.54, 1.807) is 7.05 Å². The smallest absolute Gasteiger partial charge is 0.258 e. The zero-order valence-electron chi connectivity index (χ0n) is 17.6. The van der Waals surface area contributed by atoms with Gasteiger partial charge in [-0.3, -0.25) is 9.79 Å². The average molecular weight is 522 g/mol. The van der Waals surface area contributed by atoms with Crippen molar-refractivity contribution in [2.45, 2.75) is 38.8 Å². The van der Waals surface area contributed by atoms with Crippen molar-refractivity contribution in [3.63, 3.8) is 0 Å². The number of carbonyl (C=O) groups is 1. The van der Waals surface area contributed by atoms with Crippen molar-refractivity contribution in [2.24, 2.45) is 4.99 Å². The molecule has 0 spiro atoms. The van der Waals surface area contributed by atoms with Gasteiger partial charge in [0, 0.05) is 26.2 Å². The van der Waals surface area contributed by atoms with Gasteiger partial charge in [0.2, 0.25) is 0 Å². The number of guanidine groups is 1. The summed E-state index contributed by atoms with van der Waals surface area (Å²) >= 11 is 0. The van der Waals surface area contributed by atoms with Crippen molar-refractivity contribution < 1.29 is 9.53 Å². The van der Waals surface area contributed by atoms with Crippen molar-refractivity contribution in [1.82, 2.24) is 16.0 Å². The Hall–Kier alpha value is -2.29. The van der Waals surface area contributed by atoms with Gasteiger partial charge in [0.25, 0.3) is 5.91 Å². The second-order valence-corrected chi connectivity index (χ2v) is 7.37. The van der Waals surface area contributed by atoms with Crippen molar-refractivity contribution in [3.8, 4) is 5.75 Å². The van der Waals surface area contributed by atoms with E-state index in [0.29, 0.717) is 11.8 Å². The topological polar surface area (TPSA) is 74.8 Å². The van der Waals surface area contributed by atoms with E-state index < -0.39 is 0 Å². The van der Waals surface area contributed by atoms with Crippen LogP contribution in [0.25, 0.3) is 0 Å². The number of carbonyl (C=O) groups excluding carboxylic acids is 1. The molecular formula is C23H31IN4O2. The number of benzene rings is 2. The van der Waals surface area contributed by atoms with Crippen molar-refractivity contribution in [2.75, 3.05) is 20.2 Å². The zero-order chi connectivity index (χ0) is 20.5. The third-order valence-electron chi connectivity index (χ3n) is 4.71. The predicted molar refractivity (Wildman–Crippen MR) is 132 cm³/mol. The summed E-state index contributed by atoms with van der Waals surface area (Å²) in [6.07, 6.45) is 3.04. The van der Waals surface area contributed by atoms with Gasteiger partial charge in [-0.2, -0.15) is 0 Å². The summed E-state index contributed by atoms with van der Waals surface area (Å²) in [5.41, 5.74) is 3.68. The minimum atomic E-state index is -0.0506. The number of nitrogens with one attached hydrogen (secondary N) is 3. The van der Waals surface area contributed by atoms with E-state index in [-0.39, 0.29) is 36.5 Å². The summed E-state index contributed by atoms with van der Waals surface area (Å²) in [6.45, 7) is 3.68. The Morgan fingerprint density at radius 3 is 2.53 bits per heavy atom. The summed E-state index contributed by atoms with van der Waals surface area (Å²) in [7, 11) is 1.77. The van der Waals surface area contributed by atoms with E-state index in [9.17, 15) is 4.79 Å². The summed E-state index contributed by atoms with van der Waals surface area (Å²) < 4.78 is 5.54. The molecule has 0 bridgehead atoms. The van der Waals surface area contributed by atoms with Gasteiger partial charge in [0.15, 0.2) is 12.6 Å². The van der Waals surface area contributed by atoms with Crippen LogP contribution >= 0.6 is 24.0 Å². The Bertz CT molecular complexity index is 835. The lowest BCUT2D eigenvalue weighted by atomic mass is 10.1. The van der Waals surface area contributed by atoms with Crippen molar-refractivity contribution in [1.29, 1.82) is 0 Å². The molecule has 6 nitrogen and oxygen atoms in total. The second kappa shape index (κ2) is 12.4. The summed E-state index contributed by atoms with van der Waals surface area (Å²) in [6, 6.07) is 16.7. The first-order valence-corrected chi connectivity index (χ1v) is 10.1. The molecule has 162 valence electrons. The molecule has 1 aliphatic rings. The van der Waals surface area contributed by atoms with E-state index in [1.807, 2.05) is 24.3 Å². The highest BCUT2D eigenvalue weighted by Gasteiger charge is 2.23. The Labute approximate surface area is 195 Å². The number of hydrogen-bond acceptors (Lipinski definition) is 3. The normalized spacial score (nSPS) is 13.2. The molecule has 0 heterocycles. The van der Waals surface area contributed by atoms with E-state index in [0.717, 1.165) is 38.3 Å². The number of aliphatic imine (C=N–C) groups is 1. The molecule has 30 heavy (non-hydrogen) atoms. The fourth-order valence-corrected chi connectivity index (χ4v) is 2.95. The molecule has 2 aromatic carbocycles. The maximum Gasteiger partial charge on any atom is 0.258 e. The van der Waals surface area contributed by atoms with Gasteiger partial charge >= 0.3 is 0 Å². The van der Waals surface area contributed by atoms with Crippen LogP contribution in [0.3, 0.4) is 0 Å².